The van der Waals surface area contributed by atoms with Gasteiger partial charge in [-0.3, -0.25) is 0 Å². The van der Waals surface area contributed by atoms with Crippen molar-refractivity contribution >= 4 is 11.3 Å². The van der Waals surface area contributed by atoms with Gasteiger partial charge in [-0.2, -0.15) is 0 Å². The summed E-state index contributed by atoms with van der Waals surface area (Å²) in [6.07, 6.45) is 0. The van der Waals surface area contributed by atoms with Crippen molar-refractivity contribution in [2.45, 2.75) is 12.8 Å². The first kappa shape index (κ1) is 8.71. The quantitative estimate of drug-likeness (QED) is 0.712. The molecule has 3 heteroatoms. The molecule has 4 N–H and O–H groups in total. The summed E-state index contributed by atoms with van der Waals surface area (Å²) in [7, 11) is 0. The highest BCUT2D eigenvalue weighted by molar-refractivity contribution is 7.12. The fourth-order valence-corrected chi connectivity index (χ4v) is 2.00. The zero-order chi connectivity index (χ0) is 8.27. The van der Waals surface area contributed by atoms with E-state index >= 15 is 0 Å². The molecule has 1 aromatic heterocycles. The summed E-state index contributed by atoms with van der Waals surface area (Å²) >= 11 is 1.78. The van der Waals surface area contributed by atoms with Crippen molar-refractivity contribution in [3.63, 3.8) is 0 Å². The van der Waals surface area contributed by atoms with E-state index in [0.717, 1.165) is 0 Å². The number of rotatable bonds is 3. The number of hydrogen-bond acceptors (Lipinski definition) is 3. The zero-order valence-electron chi connectivity index (χ0n) is 6.71. The van der Waals surface area contributed by atoms with E-state index in [9.17, 15) is 0 Å². The third kappa shape index (κ3) is 2.02. The first-order chi connectivity index (χ1) is 5.27. The lowest BCUT2D eigenvalue weighted by atomic mass is 10.1. The second-order valence-corrected chi connectivity index (χ2v) is 3.94. The van der Waals surface area contributed by atoms with E-state index in [4.69, 9.17) is 11.5 Å². The molecule has 2 nitrogen and oxygen atoms in total. The van der Waals surface area contributed by atoms with Crippen LogP contribution in [0.2, 0.25) is 0 Å². The van der Waals surface area contributed by atoms with Crippen molar-refractivity contribution < 1.29 is 0 Å². The van der Waals surface area contributed by atoms with E-state index in [1.807, 2.05) is 0 Å². The molecule has 0 atom stereocenters. The summed E-state index contributed by atoms with van der Waals surface area (Å²) < 4.78 is 0. The van der Waals surface area contributed by atoms with E-state index < -0.39 is 0 Å². The van der Waals surface area contributed by atoms with Gasteiger partial charge in [0.05, 0.1) is 0 Å². The number of nitrogens with two attached hydrogens (primary N) is 2. The van der Waals surface area contributed by atoms with Gasteiger partial charge in [0.15, 0.2) is 0 Å². The Morgan fingerprint density at radius 3 is 2.36 bits per heavy atom. The van der Waals surface area contributed by atoms with Gasteiger partial charge in [-0.05, 0) is 19.1 Å². The Morgan fingerprint density at radius 2 is 2.00 bits per heavy atom. The average molecular weight is 170 g/mol. The second kappa shape index (κ2) is 3.85. The lowest BCUT2D eigenvalue weighted by Crippen LogP contribution is -2.20. The average Bonchev–Trinajstić information content (AvgIpc) is 2.39. The maximum absolute atomic E-state index is 5.55. The minimum absolute atomic E-state index is 0.355. The maximum Gasteiger partial charge on any atom is 0.0178 e. The first-order valence-electron chi connectivity index (χ1n) is 3.74. The van der Waals surface area contributed by atoms with Gasteiger partial charge in [0.2, 0.25) is 0 Å². The van der Waals surface area contributed by atoms with Gasteiger partial charge in [0.1, 0.15) is 0 Å². The van der Waals surface area contributed by atoms with Crippen LogP contribution >= 0.6 is 11.3 Å². The van der Waals surface area contributed by atoms with Crippen LogP contribution in [0, 0.1) is 6.92 Å². The molecule has 0 bridgehead atoms. The lowest BCUT2D eigenvalue weighted by molar-refractivity contribution is 0.721. The lowest BCUT2D eigenvalue weighted by Gasteiger charge is -2.07. The molecule has 1 aromatic rings. The predicted octanol–water partition coefficient (Wildman–Crippen LogP) is 1.06. The van der Waals surface area contributed by atoms with Crippen LogP contribution in [0.3, 0.4) is 0 Å². The first-order valence-corrected chi connectivity index (χ1v) is 4.56. The SMILES string of the molecule is Cc1ccc(C(CN)CN)s1. The van der Waals surface area contributed by atoms with Crippen molar-refractivity contribution in [3.05, 3.63) is 21.9 Å². The van der Waals surface area contributed by atoms with Crippen LogP contribution in [0.5, 0.6) is 0 Å². The molecule has 11 heavy (non-hydrogen) atoms. The van der Waals surface area contributed by atoms with E-state index in [-0.39, 0.29) is 0 Å². The molecule has 0 aliphatic rings. The molecule has 0 amide bonds. The molecule has 62 valence electrons. The van der Waals surface area contributed by atoms with Crippen molar-refractivity contribution in [2.75, 3.05) is 13.1 Å². The van der Waals surface area contributed by atoms with Gasteiger partial charge in [-0.1, -0.05) is 0 Å². The van der Waals surface area contributed by atoms with E-state index in [1.54, 1.807) is 11.3 Å². The van der Waals surface area contributed by atoms with E-state index in [0.29, 0.717) is 19.0 Å². The standard InChI is InChI=1S/C8H14N2S/c1-6-2-3-8(11-6)7(4-9)5-10/h2-3,7H,4-5,9-10H2,1H3. The third-order valence-corrected chi connectivity index (χ3v) is 2.90. The summed E-state index contributed by atoms with van der Waals surface area (Å²) in [5, 5.41) is 0. The minimum atomic E-state index is 0.355. The number of aryl methyl sites for hydroxylation is 1. The van der Waals surface area contributed by atoms with Gasteiger partial charge < -0.3 is 11.5 Å². The molecule has 0 radical (unpaired) electrons. The van der Waals surface area contributed by atoms with Crippen molar-refractivity contribution in [1.82, 2.24) is 0 Å². The topological polar surface area (TPSA) is 52.0 Å². The highest BCUT2D eigenvalue weighted by Crippen LogP contribution is 2.22. The Kier molecular flexibility index (Phi) is 3.05. The van der Waals surface area contributed by atoms with Gasteiger partial charge >= 0.3 is 0 Å². The normalized spacial score (nSPS) is 10.9. The molecule has 0 saturated heterocycles. The van der Waals surface area contributed by atoms with Crippen LogP contribution in [0.1, 0.15) is 15.7 Å². The van der Waals surface area contributed by atoms with Crippen LogP contribution in [0.4, 0.5) is 0 Å². The molecule has 0 aromatic carbocycles. The Labute approximate surface area is 71.2 Å². The summed E-state index contributed by atoms with van der Waals surface area (Å²) in [6, 6.07) is 4.22. The van der Waals surface area contributed by atoms with Gasteiger partial charge in [-0.15, -0.1) is 11.3 Å². The van der Waals surface area contributed by atoms with E-state index in [1.165, 1.54) is 9.75 Å². The molecule has 1 rings (SSSR count). The van der Waals surface area contributed by atoms with Crippen LogP contribution < -0.4 is 11.5 Å². The van der Waals surface area contributed by atoms with Gasteiger partial charge in [0, 0.05) is 28.8 Å². The summed E-state index contributed by atoms with van der Waals surface area (Å²) in [6.45, 7) is 3.39. The summed E-state index contributed by atoms with van der Waals surface area (Å²) in [5.74, 6) is 0.355. The van der Waals surface area contributed by atoms with Crippen LogP contribution in [-0.2, 0) is 0 Å². The van der Waals surface area contributed by atoms with Crippen LogP contribution in [0.25, 0.3) is 0 Å². The summed E-state index contributed by atoms with van der Waals surface area (Å²) in [5.41, 5.74) is 11.1. The largest absolute Gasteiger partial charge is 0.330 e. The highest BCUT2D eigenvalue weighted by atomic mass is 32.1. The van der Waals surface area contributed by atoms with Crippen LogP contribution in [0.15, 0.2) is 12.1 Å². The van der Waals surface area contributed by atoms with Crippen molar-refractivity contribution in [1.29, 1.82) is 0 Å². The molecule has 0 fully saturated rings. The molecular weight excluding hydrogens is 156 g/mol. The molecule has 1 heterocycles. The third-order valence-electron chi connectivity index (χ3n) is 1.73. The zero-order valence-corrected chi connectivity index (χ0v) is 7.53. The summed E-state index contributed by atoms with van der Waals surface area (Å²) in [4.78, 5) is 2.64. The minimum Gasteiger partial charge on any atom is -0.330 e. The molecule has 0 aliphatic carbocycles. The molecule has 0 unspecified atom stereocenters. The van der Waals surface area contributed by atoms with Gasteiger partial charge in [-0.25, -0.2) is 0 Å². The van der Waals surface area contributed by atoms with Crippen LogP contribution in [-0.4, -0.2) is 13.1 Å². The second-order valence-electron chi connectivity index (χ2n) is 2.62. The van der Waals surface area contributed by atoms with Crippen molar-refractivity contribution in [3.8, 4) is 0 Å². The fraction of sp³-hybridized carbons (Fsp3) is 0.500. The number of hydrogen-bond donors (Lipinski definition) is 2. The van der Waals surface area contributed by atoms with Crippen molar-refractivity contribution in [2.24, 2.45) is 11.5 Å². The van der Waals surface area contributed by atoms with Gasteiger partial charge in [0.25, 0.3) is 0 Å². The molecule has 0 aliphatic heterocycles. The molecular formula is C8H14N2S. The van der Waals surface area contributed by atoms with E-state index in [2.05, 4.69) is 19.1 Å². The predicted molar refractivity (Wildman–Crippen MR) is 49.9 cm³/mol. The Hall–Kier alpha value is -0.380. The Morgan fingerprint density at radius 1 is 1.36 bits per heavy atom. The number of thiophene rings is 1. The molecule has 0 spiro atoms. The smallest absolute Gasteiger partial charge is 0.0178 e. The maximum atomic E-state index is 5.55. The monoisotopic (exact) mass is 170 g/mol. The fourth-order valence-electron chi connectivity index (χ4n) is 1.00. The Bertz CT molecular complexity index is 216. The molecule has 0 saturated carbocycles. The highest BCUT2D eigenvalue weighted by Gasteiger charge is 2.08. The Balaban J connectivity index is 2.73.